The Bertz CT molecular complexity index is 816. The fourth-order valence-electron chi connectivity index (χ4n) is 3.70. The molecule has 1 unspecified atom stereocenters. The third-order valence-electron chi connectivity index (χ3n) is 5.26. The molecule has 1 aliphatic heterocycles. The molecule has 0 aliphatic carbocycles. The lowest BCUT2D eigenvalue weighted by atomic mass is 10.1. The molecule has 3 rings (SSSR count). The molecule has 0 amide bonds. The highest BCUT2D eigenvalue weighted by atomic mass is 32.2. The van der Waals surface area contributed by atoms with Crippen LogP contribution in [0, 0.1) is 5.41 Å². The first kappa shape index (κ1) is 20.7. The Morgan fingerprint density at radius 3 is 2.50 bits per heavy atom. The summed E-state index contributed by atoms with van der Waals surface area (Å²) in [5.74, 6) is 0.504. The minimum atomic E-state index is 0.341. The van der Waals surface area contributed by atoms with Gasteiger partial charge in [0.15, 0.2) is 0 Å². The molecule has 4 nitrogen and oxygen atoms in total. The van der Waals surface area contributed by atoms with Crippen molar-refractivity contribution in [3.8, 4) is 0 Å². The second kappa shape index (κ2) is 9.48. The van der Waals surface area contributed by atoms with Gasteiger partial charge in [0.05, 0.1) is 11.4 Å². The number of nitrogens with zero attached hydrogens (tertiary/aromatic N) is 2. The van der Waals surface area contributed by atoms with Gasteiger partial charge in [-0.05, 0) is 50.7 Å². The van der Waals surface area contributed by atoms with Crippen molar-refractivity contribution in [2.24, 2.45) is 0 Å². The highest BCUT2D eigenvalue weighted by Gasteiger charge is 2.28. The predicted octanol–water partition coefficient (Wildman–Crippen LogP) is 5.34. The molecule has 1 atom stereocenters. The molecule has 0 saturated carbocycles. The van der Waals surface area contributed by atoms with Crippen LogP contribution in [-0.4, -0.2) is 43.0 Å². The summed E-state index contributed by atoms with van der Waals surface area (Å²) in [6.07, 6.45) is 1.02. The number of rotatable bonds is 8. The highest BCUT2D eigenvalue weighted by molar-refractivity contribution is 7.99. The Hall–Kier alpha value is -1.98. The van der Waals surface area contributed by atoms with Crippen LogP contribution in [0.3, 0.4) is 0 Å². The number of hydrogen-bond donors (Lipinski definition) is 2. The van der Waals surface area contributed by atoms with Gasteiger partial charge in [-0.2, -0.15) is 0 Å². The number of para-hydroxylation sites is 1. The van der Waals surface area contributed by atoms with Crippen molar-refractivity contribution < 1.29 is 0 Å². The third-order valence-corrected chi connectivity index (χ3v) is 6.39. The number of nitrogens with one attached hydrogen (secondary N) is 2. The standard InChI is InChI=1S/C23H32N4S/c1-5-14-25-23(24)18-12-13-22-20(15-18)27(17(4)16-26(6-2)7-3)19-10-8-9-11-21(19)28-22/h8-13,15,17H,5-7,14,16H2,1-4H3,(H2,24,25). The molecule has 150 valence electrons. The molecule has 0 spiro atoms. The van der Waals surface area contributed by atoms with Gasteiger partial charge in [0.25, 0.3) is 0 Å². The average Bonchev–Trinajstić information content (AvgIpc) is 2.73. The zero-order valence-corrected chi connectivity index (χ0v) is 18.3. The molecule has 5 heteroatoms. The summed E-state index contributed by atoms with van der Waals surface area (Å²) in [4.78, 5) is 7.50. The van der Waals surface area contributed by atoms with Gasteiger partial charge in [-0.15, -0.1) is 0 Å². The van der Waals surface area contributed by atoms with Crippen LogP contribution in [0.2, 0.25) is 0 Å². The second-order valence-corrected chi connectivity index (χ2v) is 8.34. The summed E-state index contributed by atoms with van der Waals surface area (Å²) in [5.41, 5.74) is 3.43. The van der Waals surface area contributed by atoms with Gasteiger partial charge in [-0.25, -0.2) is 0 Å². The van der Waals surface area contributed by atoms with Crippen molar-refractivity contribution in [1.29, 1.82) is 5.41 Å². The first-order chi connectivity index (χ1) is 13.6. The summed E-state index contributed by atoms with van der Waals surface area (Å²) in [6, 6.07) is 15.4. The van der Waals surface area contributed by atoms with E-state index in [1.165, 1.54) is 21.2 Å². The van der Waals surface area contributed by atoms with Gasteiger partial charge in [0, 0.05) is 34.5 Å². The molecule has 0 radical (unpaired) electrons. The zero-order chi connectivity index (χ0) is 20.1. The summed E-state index contributed by atoms with van der Waals surface area (Å²) >= 11 is 1.83. The molecule has 28 heavy (non-hydrogen) atoms. The maximum absolute atomic E-state index is 8.40. The van der Waals surface area contributed by atoms with Gasteiger partial charge in [-0.3, -0.25) is 5.41 Å². The lowest BCUT2D eigenvalue weighted by Crippen LogP contribution is -2.41. The molecular weight excluding hydrogens is 364 g/mol. The van der Waals surface area contributed by atoms with E-state index in [1.54, 1.807) is 0 Å². The first-order valence-electron chi connectivity index (χ1n) is 10.3. The van der Waals surface area contributed by atoms with Crippen molar-refractivity contribution in [2.45, 2.75) is 49.9 Å². The van der Waals surface area contributed by atoms with Crippen LogP contribution in [0.4, 0.5) is 11.4 Å². The van der Waals surface area contributed by atoms with Crippen molar-refractivity contribution in [1.82, 2.24) is 10.2 Å². The topological polar surface area (TPSA) is 42.4 Å². The minimum absolute atomic E-state index is 0.341. The molecule has 0 aromatic heterocycles. The van der Waals surface area contributed by atoms with Crippen LogP contribution in [0.15, 0.2) is 52.3 Å². The van der Waals surface area contributed by atoms with Gasteiger partial charge >= 0.3 is 0 Å². The highest BCUT2D eigenvalue weighted by Crippen LogP contribution is 2.49. The van der Waals surface area contributed by atoms with Gasteiger partial charge < -0.3 is 15.1 Å². The Labute approximate surface area is 173 Å². The predicted molar refractivity (Wildman–Crippen MR) is 122 cm³/mol. The molecule has 2 aromatic carbocycles. The molecule has 0 bridgehead atoms. The Balaban J connectivity index is 1.99. The van der Waals surface area contributed by atoms with E-state index < -0.39 is 0 Å². The molecule has 1 heterocycles. The summed E-state index contributed by atoms with van der Waals surface area (Å²) in [5, 5.41) is 11.6. The van der Waals surface area contributed by atoms with Crippen LogP contribution in [0.25, 0.3) is 0 Å². The van der Waals surface area contributed by atoms with Crippen LogP contribution in [0.5, 0.6) is 0 Å². The number of benzene rings is 2. The van der Waals surface area contributed by atoms with Crippen LogP contribution in [0.1, 0.15) is 39.7 Å². The third kappa shape index (κ3) is 4.36. The molecular formula is C23H32N4S. The minimum Gasteiger partial charge on any atom is -0.370 e. The van der Waals surface area contributed by atoms with Crippen LogP contribution >= 0.6 is 11.8 Å². The van der Waals surface area contributed by atoms with Crippen molar-refractivity contribution >= 4 is 29.0 Å². The van der Waals surface area contributed by atoms with E-state index in [0.29, 0.717) is 11.9 Å². The largest absolute Gasteiger partial charge is 0.370 e. The fraction of sp³-hybridized carbons (Fsp3) is 0.435. The average molecular weight is 397 g/mol. The number of anilines is 2. The SMILES string of the molecule is CCCNC(=N)c1ccc2c(c1)N(C(C)CN(CC)CC)c1ccccc1S2. The van der Waals surface area contributed by atoms with E-state index >= 15 is 0 Å². The summed E-state index contributed by atoms with van der Waals surface area (Å²) < 4.78 is 0. The van der Waals surface area contributed by atoms with E-state index in [1.807, 2.05) is 11.8 Å². The van der Waals surface area contributed by atoms with Gasteiger partial charge in [-0.1, -0.05) is 50.7 Å². The number of hydrogen-bond acceptors (Lipinski definition) is 4. The van der Waals surface area contributed by atoms with Crippen molar-refractivity contribution in [3.63, 3.8) is 0 Å². The number of amidine groups is 1. The number of likely N-dealkylation sites (N-methyl/N-ethyl adjacent to an activating group) is 1. The molecule has 0 saturated heterocycles. The summed E-state index contributed by atoms with van der Waals surface area (Å²) in [7, 11) is 0. The zero-order valence-electron chi connectivity index (χ0n) is 17.5. The quantitative estimate of drug-likeness (QED) is 0.466. The molecule has 2 aromatic rings. The normalized spacial score (nSPS) is 13.8. The smallest absolute Gasteiger partial charge is 0.125 e. The van der Waals surface area contributed by atoms with Gasteiger partial charge in [0.1, 0.15) is 5.84 Å². The Morgan fingerprint density at radius 2 is 1.79 bits per heavy atom. The monoisotopic (exact) mass is 396 g/mol. The van der Waals surface area contributed by atoms with Crippen molar-refractivity contribution in [3.05, 3.63) is 48.0 Å². The van der Waals surface area contributed by atoms with E-state index in [4.69, 9.17) is 5.41 Å². The van der Waals surface area contributed by atoms with Crippen molar-refractivity contribution in [2.75, 3.05) is 31.1 Å². The molecule has 2 N–H and O–H groups in total. The Kier molecular flexibility index (Phi) is 7.03. The molecule has 0 fully saturated rings. The lowest BCUT2D eigenvalue weighted by molar-refractivity contribution is 0.288. The van der Waals surface area contributed by atoms with Crippen LogP contribution < -0.4 is 10.2 Å². The maximum atomic E-state index is 8.40. The fourth-order valence-corrected chi connectivity index (χ4v) is 4.75. The second-order valence-electron chi connectivity index (χ2n) is 7.26. The maximum Gasteiger partial charge on any atom is 0.125 e. The van der Waals surface area contributed by atoms with E-state index in [0.717, 1.165) is 38.2 Å². The Morgan fingerprint density at radius 1 is 1.07 bits per heavy atom. The first-order valence-corrected chi connectivity index (χ1v) is 11.2. The van der Waals surface area contributed by atoms with E-state index in [9.17, 15) is 0 Å². The summed E-state index contributed by atoms with van der Waals surface area (Å²) in [6.45, 7) is 12.8. The lowest BCUT2D eigenvalue weighted by Gasteiger charge is -2.39. The number of fused-ring (bicyclic) bond motifs is 2. The molecule has 1 aliphatic rings. The van der Waals surface area contributed by atoms with E-state index in [-0.39, 0.29) is 0 Å². The van der Waals surface area contributed by atoms with Gasteiger partial charge in [0.2, 0.25) is 0 Å². The van der Waals surface area contributed by atoms with E-state index in [2.05, 4.69) is 85.3 Å². The van der Waals surface area contributed by atoms with Crippen LogP contribution in [-0.2, 0) is 0 Å².